The minimum Gasteiger partial charge on any atom is -0.461 e. The van der Waals surface area contributed by atoms with E-state index >= 15 is 0 Å². The fourth-order valence-corrected chi connectivity index (χ4v) is 2.92. The van der Waals surface area contributed by atoms with Crippen LogP contribution < -0.4 is 5.32 Å². The number of nitrogens with zero attached hydrogens (tertiary/aromatic N) is 1. The third-order valence-electron chi connectivity index (χ3n) is 3.90. The van der Waals surface area contributed by atoms with E-state index in [1.54, 1.807) is 6.20 Å². The Morgan fingerprint density at radius 1 is 1.47 bits per heavy atom. The molecule has 0 saturated carbocycles. The van der Waals surface area contributed by atoms with Crippen LogP contribution in [0.3, 0.4) is 0 Å². The van der Waals surface area contributed by atoms with Gasteiger partial charge >= 0.3 is 5.97 Å². The van der Waals surface area contributed by atoms with E-state index in [1.165, 1.54) is 18.1 Å². The predicted molar refractivity (Wildman–Crippen MR) is 72.2 cm³/mol. The van der Waals surface area contributed by atoms with Crippen molar-refractivity contribution in [3.63, 3.8) is 0 Å². The van der Waals surface area contributed by atoms with Crippen LogP contribution in [-0.2, 0) is 16.1 Å². The molecule has 1 aliphatic carbocycles. The van der Waals surface area contributed by atoms with E-state index < -0.39 is 0 Å². The van der Waals surface area contributed by atoms with Gasteiger partial charge in [0.25, 0.3) is 0 Å². The first kappa shape index (κ1) is 12.4. The zero-order valence-electron chi connectivity index (χ0n) is 11.1. The van der Waals surface area contributed by atoms with Crippen LogP contribution in [0.5, 0.6) is 0 Å². The lowest BCUT2D eigenvalue weighted by Gasteiger charge is -2.08. The SMILES string of the molecule is CC(=O)OCc1cncc(C2=CC3CNCC3C2)c1. The molecule has 2 atom stereocenters. The number of aromatic nitrogens is 1. The Balaban J connectivity index is 1.74. The summed E-state index contributed by atoms with van der Waals surface area (Å²) in [5.74, 6) is 1.16. The predicted octanol–water partition coefficient (Wildman–Crippen LogP) is 1.77. The second kappa shape index (κ2) is 5.13. The fraction of sp³-hybridized carbons (Fsp3) is 0.467. The summed E-state index contributed by atoms with van der Waals surface area (Å²) in [5, 5.41) is 3.42. The highest BCUT2D eigenvalue weighted by Crippen LogP contribution is 2.38. The van der Waals surface area contributed by atoms with E-state index in [2.05, 4.69) is 22.4 Å². The summed E-state index contributed by atoms with van der Waals surface area (Å²) < 4.78 is 5.01. The lowest BCUT2D eigenvalue weighted by molar-refractivity contribution is -0.142. The number of carbonyl (C=O) groups excluding carboxylic acids is 1. The van der Waals surface area contributed by atoms with Crippen LogP contribution in [0.1, 0.15) is 24.5 Å². The first-order valence-corrected chi connectivity index (χ1v) is 6.71. The summed E-state index contributed by atoms with van der Waals surface area (Å²) >= 11 is 0. The van der Waals surface area contributed by atoms with Gasteiger partial charge in [-0.2, -0.15) is 0 Å². The van der Waals surface area contributed by atoms with Crippen molar-refractivity contribution in [3.05, 3.63) is 35.7 Å². The number of pyridine rings is 1. The molecule has 19 heavy (non-hydrogen) atoms. The highest BCUT2D eigenvalue weighted by Gasteiger charge is 2.31. The van der Waals surface area contributed by atoms with Crippen molar-refractivity contribution >= 4 is 11.5 Å². The average Bonchev–Trinajstić information content (AvgIpc) is 2.97. The molecular weight excluding hydrogens is 240 g/mol. The largest absolute Gasteiger partial charge is 0.461 e. The number of allylic oxidation sites excluding steroid dienone is 1. The first-order valence-electron chi connectivity index (χ1n) is 6.71. The van der Waals surface area contributed by atoms with E-state index in [1.807, 2.05) is 6.20 Å². The van der Waals surface area contributed by atoms with Crippen molar-refractivity contribution in [2.75, 3.05) is 13.1 Å². The molecule has 4 heteroatoms. The Labute approximate surface area is 112 Å². The normalized spacial score (nSPS) is 25.0. The highest BCUT2D eigenvalue weighted by atomic mass is 16.5. The van der Waals surface area contributed by atoms with E-state index in [0.29, 0.717) is 12.5 Å². The van der Waals surface area contributed by atoms with Crippen LogP contribution in [0.2, 0.25) is 0 Å². The first-order chi connectivity index (χ1) is 9.22. The van der Waals surface area contributed by atoms with Gasteiger partial charge in [0.1, 0.15) is 6.61 Å². The maximum atomic E-state index is 10.8. The van der Waals surface area contributed by atoms with Gasteiger partial charge in [-0.3, -0.25) is 9.78 Å². The molecule has 1 fully saturated rings. The lowest BCUT2D eigenvalue weighted by atomic mass is 9.98. The van der Waals surface area contributed by atoms with Crippen molar-refractivity contribution < 1.29 is 9.53 Å². The molecule has 100 valence electrons. The van der Waals surface area contributed by atoms with E-state index in [4.69, 9.17) is 4.74 Å². The summed E-state index contributed by atoms with van der Waals surface area (Å²) in [5.41, 5.74) is 3.50. The molecule has 4 nitrogen and oxygen atoms in total. The molecule has 1 N–H and O–H groups in total. The topological polar surface area (TPSA) is 51.2 Å². The fourth-order valence-electron chi connectivity index (χ4n) is 2.92. The maximum absolute atomic E-state index is 10.8. The van der Waals surface area contributed by atoms with Crippen molar-refractivity contribution in [2.24, 2.45) is 11.8 Å². The summed E-state index contributed by atoms with van der Waals surface area (Å²) in [6, 6.07) is 2.08. The number of hydrogen-bond acceptors (Lipinski definition) is 4. The van der Waals surface area contributed by atoms with Gasteiger partial charge in [0.05, 0.1) is 0 Å². The van der Waals surface area contributed by atoms with Crippen LogP contribution in [0, 0.1) is 11.8 Å². The van der Waals surface area contributed by atoms with Gasteiger partial charge in [-0.1, -0.05) is 6.08 Å². The van der Waals surface area contributed by atoms with Gasteiger partial charge in [0, 0.05) is 31.4 Å². The van der Waals surface area contributed by atoms with Crippen LogP contribution in [0.4, 0.5) is 0 Å². The Kier molecular flexibility index (Phi) is 3.34. The molecule has 1 aliphatic heterocycles. The number of ether oxygens (including phenoxy) is 1. The molecule has 1 saturated heterocycles. The van der Waals surface area contributed by atoms with Gasteiger partial charge in [0.15, 0.2) is 0 Å². The number of carbonyl (C=O) groups is 1. The Morgan fingerprint density at radius 2 is 2.37 bits per heavy atom. The molecule has 0 radical (unpaired) electrons. The molecule has 0 amide bonds. The molecular formula is C15H18N2O2. The number of fused-ring (bicyclic) bond motifs is 1. The maximum Gasteiger partial charge on any atom is 0.302 e. The molecule has 0 bridgehead atoms. The number of rotatable bonds is 3. The third-order valence-corrected chi connectivity index (χ3v) is 3.90. The summed E-state index contributed by atoms with van der Waals surface area (Å²) in [6.07, 6.45) is 7.15. The van der Waals surface area contributed by atoms with E-state index in [-0.39, 0.29) is 5.97 Å². The standard InChI is InChI=1S/C15H18N2O2/c1-10(18)19-9-11-2-13(6-16-5-11)12-3-14-7-17-8-15(14)4-12/h2-3,5-6,14-15,17H,4,7-9H2,1H3. The molecule has 2 unspecified atom stereocenters. The minimum atomic E-state index is -0.258. The number of hydrogen-bond donors (Lipinski definition) is 1. The smallest absolute Gasteiger partial charge is 0.302 e. The van der Waals surface area contributed by atoms with Gasteiger partial charge in [-0.15, -0.1) is 0 Å². The monoisotopic (exact) mass is 258 g/mol. The average molecular weight is 258 g/mol. The third kappa shape index (κ3) is 2.68. The Morgan fingerprint density at radius 3 is 3.16 bits per heavy atom. The van der Waals surface area contributed by atoms with Gasteiger partial charge in [-0.25, -0.2) is 0 Å². The summed E-state index contributed by atoms with van der Waals surface area (Å²) in [6.45, 7) is 3.93. The second-order valence-electron chi connectivity index (χ2n) is 5.34. The molecule has 0 spiro atoms. The highest BCUT2D eigenvalue weighted by molar-refractivity contribution is 5.68. The summed E-state index contributed by atoms with van der Waals surface area (Å²) in [7, 11) is 0. The lowest BCUT2D eigenvalue weighted by Crippen LogP contribution is -2.09. The number of nitrogens with one attached hydrogen (secondary N) is 1. The molecule has 2 aliphatic rings. The van der Waals surface area contributed by atoms with Crippen LogP contribution in [0.25, 0.3) is 5.57 Å². The number of esters is 1. The van der Waals surface area contributed by atoms with Crippen LogP contribution in [-0.4, -0.2) is 24.0 Å². The van der Waals surface area contributed by atoms with Crippen LogP contribution in [0.15, 0.2) is 24.5 Å². The Bertz CT molecular complexity index is 525. The zero-order chi connectivity index (χ0) is 13.2. The molecule has 0 aromatic carbocycles. The van der Waals surface area contributed by atoms with Gasteiger partial charge < -0.3 is 10.1 Å². The Hall–Kier alpha value is -1.68. The van der Waals surface area contributed by atoms with Crippen molar-refractivity contribution in [1.29, 1.82) is 0 Å². The summed E-state index contributed by atoms with van der Waals surface area (Å²) in [4.78, 5) is 15.1. The minimum absolute atomic E-state index is 0.258. The van der Waals surface area contributed by atoms with Crippen molar-refractivity contribution in [3.8, 4) is 0 Å². The van der Waals surface area contributed by atoms with E-state index in [0.717, 1.165) is 31.0 Å². The van der Waals surface area contributed by atoms with E-state index in [9.17, 15) is 4.79 Å². The molecule has 1 aromatic heterocycles. The van der Waals surface area contributed by atoms with Crippen LogP contribution >= 0.6 is 0 Å². The van der Waals surface area contributed by atoms with Crippen molar-refractivity contribution in [1.82, 2.24) is 10.3 Å². The van der Waals surface area contributed by atoms with Gasteiger partial charge in [-0.05, 0) is 42.0 Å². The molecule has 1 aromatic rings. The van der Waals surface area contributed by atoms with Gasteiger partial charge in [0.2, 0.25) is 0 Å². The molecule has 3 rings (SSSR count). The van der Waals surface area contributed by atoms with Crippen molar-refractivity contribution in [2.45, 2.75) is 20.0 Å². The zero-order valence-corrected chi connectivity index (χ0v) is 11.1. The quantitative estimate of drug-likeness (QED) is 0.839. The second-order valence-corrected chi connectivity index (χ2v) is 5.34. The molecule has 2 heterocycles.